The molecule has 2 rings (SSSR count). The van der Waals surface area contributed by atoms with Crippen LogP contribution in [0.1, 0.15) is 20.8 Å². The zero-order chi connectivity index (χ0) is 16.2. The first-order valence-corrected chi connectivity index (χ1v) is 6.90. The molecule has 0 aliphatic carbocycles. The molecular formula is C14H19N5O3. The molecule has 0 aliphatic heterocycles. The zero-order valence-corrected chi connectivity index (χ0v) is 12.8. The first kappa shape index (κ1) is 15.7. The van der Waals surface area contributed by atoms with Crippen LogP contribution in [0.5, 0.6) is 5.75 Å². The normalized spacial score (nSPS) is 11.2. The molecule has 1 aromatic heterocycles. The number of anilines is 1. The Morgan fingerprint density at radius 3 is 2.77 bits per heavy atom. The van der Waals surface area contributed by atoms with Gasteiger partial charge in [-0.15, -0.1) is 5.10 Å². The van der Waals surface area contributed by atoms with Crippen LogP contribution >= 0.6 is 0 Å². The van der Waals surface area contributed by atoms with Gasteiger partial charge in [0.2, 0.25) is 0 Å². The van der Waals surface area contributed by atoms with Gasteiger partial charge >= 0.3 is 5.69 Å². The number of rotatable bonds is 6. The van der Waals surface area contributed by atoms with Gasteiger partial charge in [0.1, 0.15) is 5.60 Å². The number of nitro groups is 1. The Bertz CT molecular complexity index is 634. The molecule has 8 heteroatoms. The summed E-state index contributed by atoms with van der Waals surface area (Å²) >= 11 is 0. The fourth-order valence-corrected chi connectivity index (χ4v) is 1.85. The summed E-state index contributed by atoms with van der Waals surface area (Å²) in [5.41, 5.74) is 0.200. The van der Waals surface area contributed by atoms with E-state index in [2.05, 4.69) is 15.6 Å². The van der Waals surface area contributed by atoms with Crippen molar-refractivity contribution in [1.29, 1.82) is 0 Å². The molecule has 0 saturated heterocycles. The van der Waals surface area contributed by atoms with Crippen LogP contribution in [-0.2, 0) is 6.54 Å². The summed E-state index contributed by atoms with van der Waals surface area (Å²) < 4.78 is 7.38. The summed E-state index contributed by atoms with van der Waals surface area (Å²) in [6, 6.07) is 4.75. The van der Waals surface area contributed by atoms with E-state index in [1.807, 2.05) is 20.8 Å². The Kier molecular flexibility index (Phi) is 4.59. The van der Waals surface area contributed by atoms with Gasteiger partial charge in [-0.1, -0.05) is 5.21 Å². The number of nitrogens with zero attached hydrogens (tertiary/aromatic N) is 4. The van der Waals surface area contributed by atoms with Crippen molar-refractivity contribution in [2.45, 2.75) is 32.9 Å². The maximum atomic E-state index is 11.1. The molecule has 0 aliphatic rings. The molecule has 0 amide bonds. The number of benzene rings is 1. The smallest absolute Gasteiger partial charge is 0.311 e. The molecule has 0 atom stereocenters. The van der Waals surface area contributed by atoms with Crippen molar-refractivity contribution in [3.8, 4) is 5.75 Å². The quantitative estimate of drug-likeness (QED) is 0.650. The summed E-state index contributed by atoms with van der Waals surface area (Å²) in [5, 5.41) is 21.8. The third kappa shape index (κ3) is 4.44. The molecule has 0 spiro atoms. The van der Waals surface area contributed by atoms with Crippen molar-refractivity contribution >= 4 is 11.4 Å². The molecule has 0 radical (unpaired) electrons. The number of hydrogen-bond acceptors (Lipinski definition) is 6. The van der Waals surface area contributed by atoms with E-state index >= 15 is 0 Å². The van der Waals surface area contributed by atoms with Gasteiger partial charge in [-0.25, -0.2) is 0 Å². The van der Waals surface area contributed by atoms with Crippen LogP contribution in [0.15, 0.2) is 30.6 Å². The predicted octanol–water partition coefficient (Wildman–Crippen LogP) is 2.48. The lowest BCUT2D eigenvalue weighted by Gasteiger charge is -2.21. The maximum absolute atomic E-state index is 11.1. The monoisotopic (exact) mass is 305 g/mol. The average molecular weight is 305 g/mol. The largest absolute Gasteiger partial charge is 0.481 e. The Morgan fingerprint density at radius 1 is 1.41 bits per heavy atom. The van der Waals surface area contributed by atoms with Gasteiger partial charge in [-0.2, -0.15) is 0 Å². The molecular weight excluding hydrogens is 286 g/mol. The minimum absolute atomic E-state index is 0.0447. The van der Waals surface area contributed by atoms with Crippen molar-refractivity contribution in [3.05, 3.63) is 40.7 Å². The Morgan fingerprint density at radius 2 is 2.18 bits per heavy atom. The third-order valence-corrected chi connectivity index (χ3v) is 2.71. The van der Waals surface area contributed by atoms with E-state index in [0.717, 1.165) is 5.69 Å². The summed E-state index contributed by atoms with van der Waals surface area (Å²) in [5.74, 6) is 0.253. The molecule has 0 unspecified atom stereocenters. The van der Waals surface area contributed by atoms with Crippen LogP contribution in [-0.4, -0.2) is 32.1 Å². The maximum Gasteiger partial charge on any atom is 0.311 e. The lowest BCUT2D eigenvalue weighted by molar-refractivity contribution is -0.386. The first-order chi connectivity index (χ1) is 10.3. The van der Waals surface area contributed by atoms with Gasteiger partial charge in [-0.3, -0.25) is 14.8 Å². The highest BCUT2D eigenvalue weighted by molar-refractivity contribution is 5.58. The molecule has 0 bridgehead atoms. The van der Waals surface area contributed by atoms with E-state index in [1.165, 1.54) is 6.07 Å². The molecule has 8 nitrogen and oxygen atoms in total. The number of aromatic nitrogens is 3. The Hall–Kier alpha value is -2.64. The van der Waals surface area contributed by atoms with Gasteiger partial charge < -0.3 is 10.1 Å². The van der Waals surface area contributed by atoms with Crippen LogP contribution in [0.4, 0.5) is 11.4 Å². The predicted molar refractivity (Wildman–Crippen MR) is 82.0 cm³/mol. The second-order valence-corrected chi connectivity index (χ2v) is 5.75. The minimum atomic E-state index is -0.510. The highest BCUT2D eigenvalue weighted by Gasteiger charge is 2.21. The van der Waals surface area contributed by atoms with Crippen molar-refractivity contribution in [2.75, 3.05) is 11.9 Å². The zero-order valence-electron chi connectivity index (χ0n) is 12.8. The van der Waals surface area contributed by atoms with Gasteiger partial charge in [0.05, 0.1) is 17.7 Å². The van der Waals surface area contributed by atoms with E-state index in [4.69, 9.17) is 4.74 Å². The van der Waals surface area contributed by atoms with Crippen LogP contribution in [0.25, 0.3) is 0 Å². The van der Waals surface area contributed by atoms with Crippen LogP contribution in [0, 0.1) is 10.1 Å². The summed E-state index contributed by atoms with van der Waals surface area (Å²) in [7, 11) is 0. The van der Waals surface area contributed by atoms with E-state index in [1.54, 1.807) is 29.2 Å². The van der Waals surface area contributed by atoms with Gasteiger partial charge in [-0.05, 0) is 26.8 Å². The number of hydrogen-bond donors (Lipinski definition) is 1. The Balaban J connectivity index is 2.08. The van der Waals surface area contributed by atoms with Gasteiger partial charge in [0, 0.05) is 30.6 Å². The average Bonchev–Trinajstić information content (AvgIpc) is 2.90. The van der Waals surface area contributed by atoms with Gasteiger partial charge in [0.15, 0.2) is 5.75 Å². The highest BCUT2D eigenvalue weighted by atomic mass is 16.6. The lowest BCUT2D eigenvalue weighted by Crippen LogP contribution is -2.23. The third-order valence-electron chi connectivity index (χ3n) is 2.71. The van der Waals surface area contributed by atoms with Crippen LogP contribution < -0.4 is 10.1 Å². The second kappa shape index (κ2) is 6.42. The molecule has 1 N–H and O–H groups in total. The molecule has 2 aromatic rings. The van der Waals surface area contributed by atoms with Crippen molar-refractivity contribution in [2.24, 2.45) is 0 Å². The fourth-order valence-electron chi connectivity index (χ4n) is 1.85. The topological polar surface area (TPSA) is 95.1 Å². The van der Waals surface area contributed by atoms with E-state index in [-0.39, 0.29) is 11.4 Å². The second-order valence-electron chi connectivity index (χ2n) is 5.75. The Labute approximate surface area is 128 Å². The number of nitro benzene ring substituents is 1. The molecule has 0 fully saturated rings. The summed E-state index contributed by atoms with van der Waals surface area (Å²) in [6.07, 6.45) is 3.38. The van der Waals surface area contributed by atoms with E-state index < -0.39 is 10.5 Å². The van der Waals surface area contributed by atoms with Crippen LogP contribution in [0.3, 0.4) is 0 Å². The molecule has 1 heterocycles. The van der Waals surface area contributed by atoms with Crippen molar-refractivity contribution in [3.63, 3.8) is 0 Å². The fraction of sp³-hybridized carbons (Fsp3) is 0.429. The first-order valence-electron chi connectivity index (χ1n) is 6.90. The standard InChI is InChI=1S/C14H19N5O3/c1-14(2,3)22-13-10-11(4-5-12(13)19(20)21)15-6-8-18-9-7-16-17-18/h4-5,7,9-10,15H,6,8H2,1-3H3. The number of ether oxygens (including phenoxy) is 1. The van der Waals surface area contributed by atoms with Crippen LogP contribution in [0.2, 0.25) is 0 Å². The molecule has 22 heavy (non-hydrogen) atoms. The molecule has 0 saturated carbocycles. The van der Waals surface area contributed by atoms with E-state index in [0.29, 0.717) is 13.1 Å². The summed E-state index contributed by atoms with van der Waals surface area (Å²) in [6.45, 7) is 6.81. The van der Waals surface area contributed by atoms with Gasteiger partial charge in [0.25, 0.3) is 0 Å². The summed E-state index contributed by atoms with van der Waals surface area (Å²) in [4.78, 5) is 10.6. The molecule has 118 valence electrons. The lowest BCUT2D eigenvalue weighted by atomic mass is 10.2. The minimum Gasteiger partial charge on any atom is -0.481 e. The SMILES string of the molecule is CC(C)(C)Oc1cc(NCCn2ccnn2)ccc1[N+](=O)[O-]. The van der Waals surface area contributed by atoms with E-state index in [9.17, 15) is 10.1 Å². The van der Waals surface area contributed by atoms with Crippen molar-refractivity contribution in [1.82, 2.24) is 15.0 Å². The highest BCUT2D eigenvalue weighted by Crippen LogP contribution is 2.32. The number of nitrogens with one attached hydrogen (secondary N) is 1. The van der Waals surface area contributed by atoms with Crippen molar-refractivity contribution < 1.29 is 9.66 Å². The molecule has 1 aromatic carbocycles.